The second-order valence-corrected chi connectivity index (χ2v) is 14.6. The lowest BCUT2D eigenvalue weighted by Crippen LogP contribution is -2.74. The van der Waals surface area contributed by atoms with Crippen molar-refractivity contribution in [3.8, 4) is 0 Å². The zero-order chi connectivity index (χ0) is 23.7. The van der Waals surface area contributed by atoms with Crippen LogP contribution >= 0.6 is 0 Å². The SMILES string of the molecule is CC(C)=C[C@@H]1CO[C@@]23OC[C@@]24C[C@]2(C)CCC5C(C)(C)C=CC[C@]5(C)C2CC4CC3[C@@]1(C)O. The summed E-state index contributed by atoms with van der Waals surface area (Å²) in [5, 5.41) is 11.9. The van der Waals surface area contributed by atoms with Crippen molar-refractivity contribution < 1.29 is 14.6 Å². The van der Waals surface area contributed by atoms with Gasteiger partial charge in [-0.15, -0.1) is 0 Å². The largest absolute Gasteiger partial charge is 0.389 e. The van der Waals surface area contributed by atoms with Gasteiger partial charge in [-0.25, -0.2) is 0 Å². The van der Waals surface area contributed by atoms with Gasteiger partial charge in [-0.2, -0.15) is 0 Å². The van der Waals surface area contributed by atoms with Gasteiger partial charge in [-0.1, -0.05) is 51.5 Å². The maximum Gasteiger partial charge on any atom is 0.181 e. The van der Waals surface area contributed by atoms with Crippen LogP contribution in [0.5, 0.6) is 0 Å². The van der Waals surface area contributed by atoms with E-state index in [-0.39, 0.29) is 22.7 Å². The van der Waals surface area contributed by atoms with Gasteiger partial charge >= 0.3 is 0 Å². The zero-order valence-corrected chi connectivity index (χ0v) is 22.0. The van der Waals surface area contributed by atoms with Crippen LogP contribution in [-0.2, 0) is 9.47 Å². The Morgan fingerprint density at radius 3 is 2.39 bits per heavy atom. The van der Waals surface area contributed by atoms with Crippen LogP contribution in [0.3, 0.4) is 0 Å². The molecule has 1 N–H and O–H groups in total. The molecule has 4 aliphatic carbocycles. The van der Waals surface area contributed by atoms with Crippen molar-refractivity contribution in [1.82, 2.24) is 0 Å². The summed E-state index contributed by atoms with van der Waals surface area (Å²) in [6.45, 7) is 17.9. The molecule has 0 radical (unpaired) electrons. The van der Waals surface area contributed by atoms with Gasteiger partial charge in [0.1, 0.15) is 0 Å². The van der Waals surface area contributed by atoms with Crippen molar-refractivity contribution in [1.29, 1.82) is 0 Å². The summed E-state index contributed by atoms with van der Waals surface area (Å²) < 4.78 is 13.2. The van der Waals surface area contributed by atoms with Gasteiger partial charge in [0.15, 0.2) is 5.79 Å². The highest BCUT2D eigenvalue weighted by Gasteiger charge is 2.81. The predicted octanol–water partition coefficient (Wildman–Crippen LogP) is 6.52. The van der Waals surface area contributed by atoms with Crippen LogP contribution in [0.15, 0.2) is 23.8 Å². The van der Waals surface area contributed by atoms with Crippen LogP contribution in [0.4, 0.5) is 0 Å². The molecule has 0 aromatic heterocycles. The van der Waals surface area contributed by atoms with Gasteiger partial charge in [0.05, 0.1) is 24.2 Å². The third-order valence-corrected chi connectivity index (χ3v) is 12.1. The quantitative estimate of drug-likeness (QED) is 0.459. The van der Waals surface area contributed by atoms with Crippen LogP contribution in [-0.4, -0.2) is 29.7 Å². The molecule has 2 aliphatic heterocycles. The van der Waals surface area contributed by atoms with E-state index < -0.39 is 11.4 Å². The van der Waals surface area contributed by atoms with Crippen LogP contribution < -0.4 is 0 Å². The fourth-order valence-electron chi connectivity index (χ4n) is 10.8. The number of hydrogen-bond donors (Lipinski definition) is 1. The molecule has 0 bridgehead atoms. The summed E-state index contributed by atoms with van der Waals surface area (Å²) in [6, 6.07) is 0. The van der Waals surface area contributed by atoms with Crippen molar-refractivity contribution in [2.24, 2.45) is 51.2 Å². The molecule has 2 spiro atoms. The van der Waals surface area contributed by atoms with E-state index in [2.05, 4.69) is 66.7 Å². The van der Waals surface area contributed by atoms with E-state index in [1.807, 2.05) is 0 Å². The lowest BCUT2D eigenvalue weighted by molar-refractivity contribution is -0.446. The number of allylic oxidation sites excluding steroid dienone is 3. The van der Waals surface area contributed by atoms with E-state index >= 15 is 0 Å². The standard InChI is InChI=1S/C30H46O3/c1-19(2)13-21-16-32-30-24(28(21,7)31)15-20-14-23-26(5,17-29(20,30)18-33-30)12-9-22-25(3,4)10-8-11-27(22,23)6/h8,10,13,20-24,31H,9,11-12,14-18H2,1-7H3/t20?,21-,22?,23?,24?,26+,27+,28+,29-,30+/m1/s1. The lowest BCUT2D eigenvalue weighted by Gasteiger charge is -2.70. The topological polar surface area (TPSA) is 38.7 Å². The smallest absolute Gasteiger partial charge is 0.181 e. The first-order chi connectivity index (χ1) is 15.3. The van der Waals surface area contributed by atoms with Crippen LogP contribution in [0.2, 0.25) is 0 Å². The number of aliphatic hydroxyl groups is 1. The minimum Gasteiger partial charge on any atom is -0.389 e. The van der Waals surface area contributed by atoms with Gasteiger partial charge in [0.25, 0.3) is 0 Å². The minimum atomic E-state index is -0.783. The third kappa shape index (κ3) is 2.63. The highest BCUT2D eigenvalue weighted by Crippen LogP contribution is 2.78. The Labute approximate surface area is 201 Å². The Kier molecular flexibility index (Phi) is 4.54. The molecule has 0 aromatic rings. The van der Waals surface area contributed by atoms with E-state index in [0.29, 0.717) is 23.4 Å². The summed E-state index contributed by atoms with van der Waals surface area (Å²) in [4.78, 5) is 0. The van der Waals surface area contributed by atoms with Gasteiger partial charge in [0, 0.05) is 11.8 Å². The normalized spacial score (nSPS) is 58.1. The molecule has 184 valence electrons. The maximum atomic E-state index is 11.9. The number of hydrogen-bond acceptors (Lipinski definition) is 3. The van der Waals surface area contributed by atoms with E-state index in [1.165, 1.54) is 37.7 Å². The fraction of sp³-hybridized carbons (Fsp3) is 0.867. The van der Waals surface area contributed by atoms with Crippen LogP contribution in [0, 0.1) is 51.2 Å². The average Bonchev–Trinajstić information content (AvgIpc) is 2.87. The Morgan fingerprint density at radius 2 is 1.73 bits per heavy atom. The molecule has 2 heterocycles. The second-order valence-electron chi connectivity index (χ2n) is 14.6. The zero-order valence-electron chi connectivity index (χ0n) is 22.0. The Morgan fingerprint density at radius 1 is 1.00 bits per heavy atom. The fourth-order valence-corrected chi connectivity index (χ4v) is 10.8. The maximum absolute atomic E-state index is 11.9. The molecule has 33 heavy (non-hydrogen) atoms. The van der Waals surface area contributed by atoms with Gasteiger partial charge in [-0.05, 0) is 93.3 Å². The first-order valence-corrected chi connectivity index (χ1v) is 13.6. The second kappa shape index (κ2) is 6.56. The van der Waals surface area contributed by atoms with Crippen LogP contribution in [0.1, 0.15) is 87.0 Å². The van der Waals surface area contributed by atoms with E-state index in [1.54, 1.807) is 0 Å². The number of rotatable bonds is 1. The van der Waals surface area contributed by atoms with Crippen molar-refractivity contribution >= 4 is 0 Å². The van der Waals surface area contributed by atoms with Crippen molar-refractivity contribution in [2.75, 3.05) is 13.2 Å². The van der Waals surface area contributed by atoms with E-state index in [0.717, 1.165) is 24.9 Å². The first kappa shape index (κ1) is 22.8. The van der Waals surface area contributed by atoms with Gasteiger partial charge in [-0.3, -0.25) is 0 Å². The molecule has 4 unspecified atom stereocenters. The predicted molar refractivity (Wildman–Crippen MR) is 131 cm³/mol. The Hall–Kier alpha value is -0.640. The summed E-state index contributed by atoms with van der Waals surface area (Å²) in [5.41, 5.74) is 1.55. The summed E-state index contributed by atoms with van der Waals surface area (Å²) in [7, 11) is 0. The minimum absolute atomic E-state index is 0.0450. The van der Waals surface area contributed by atoms with Gasteiger partial charge < -0.3 is 14.6 Å². The molecule has 10 atom stereocenters. The first-order valence-electron chi connectivity index (χ1n) is 13.6. The molecular formula is C30H46O3. The lowest BCUT2D eigenvalue weighted by atomic mass is 9.38. The third-order valence-electron chi connectivity index (χ3n) is 12.1. The molecule has 3 nitrogen and oxygen atoms in total. The van der Waals surface area contributed by atoms with Crippen molar-refractivity contribution in [2.45, 2.75) is 98.4 Å². The average molecular weight is 455 g/mol. The highest BCUT2D eigenvalue weighted by atomic mass is 16.7. The molecule has 6 rings (SSSR count). The number of fused-ring (bicyclic) bond motifs is 3. The van der Waals surface area contributed by atoms with E-state index in [4.69, 9.17) is 9.47 Å². The molecule has 0 amide bonds. The molecule has 5 fully saturated rings. The Bertz CT molecular complexity index is 912. The summed E-state index contributed by atoms with van der Waals surface area (Å²) in [5.74, 6) is 1.64. The highest BCUT2D eigenvalue weighted by molar-refractivity contribution is 5.27. The molecule has 0 aromatic carbocycles. The summed E-state index contributed by atoms with van der Waals surface area (Å²) >= 11 is 0. The van der Waals surface area contributed by atoms with Crippen molar-refractivity contribution in [3.63, 3.8) is 0 Å². The van der Waals surface area contributed by atoms with Crippen LogP contribution in [0.25, 0.3) is 0 Å². The number of ether oxygens (including phenoxy) is 2. The van der Waals surface area contributed by atoms with Gasteiger partial charge in [0.2, 0.25) is 0 Å². The summed E-state index contributed by atoms with van der Waals surface area (Å²) in [6.07, 6.45) is 14.6. The monoisotopic (exact) mass is 454 g/mol. The van der Waals surface area contributed by atoms with E-state index in [9.17, 15) is 5.11 Å². The van der Waals surface area contributed by atoms with Crippen molar-refractivity contribution in [3.05, 3.63) is 23.8 Å². The molecule has 6 aliphatic rings. The molecule has 3 heteroatoms. The molecular weight excluding hydrogens is 408 g/mol. The molecule has 2 saturated heterocycles. The Balaban J connectivity index is 1.38. The molecule has 3 saturated carbocycles.